The molecule has 0 radical (unpaired) electrons. The van der Waals surface area contributed by atoms with Gasteiger partial charge in [0.1, 0.15) is 0 Å². The molecule has 2 aromatic carbocycles. The van der Waals surface area contributed by atoms with Crippen LogP contribution in [-0.2, 0) is 10.0 Å². The molecule has 0 saturated heterocycles. The van der Waals surface area contributed by atoms with Crippen molar-refractivity contribution in [1.29, 1.82) is 0 Å². The van der Waals surface area contributed by atoms with Crippen LogP contribution >= 0.6 is 22.9 Å². The summed E-state index contributed by atoms with van der Waals surface area (Å²) in [6.45, 7) is 6.65. The third kappa shape index (κ3) is 4.83. The zero-order valence-corrected chi connectivity index (χ0v) is 19.5. The Balaban J connectivity index is 1.77. The third-order valence-electron chi connectivity index (χ3n) is 4.74. The van der Waals surface area contributed by atoms with Gasteiger partial charge in [0.15, 0.2) is 5.13 Å². The molecule has 3 rings (SSSR count). The van der Waals surface area contributed by atoms with Crippen LogP contribution in [0.15, 0.2) is 41.3 Å². The quantitative estimate of drug-likeness (QED) is 0.488. The molecule has 0 unspecified atom stereocenters. The molecule has 0 aliphatic carbocycles. The number of carbonyl (C=O) groups is 1. The van der Waals surface area contributed by atoms with Gasteiger partial charge in [-0.1, -0.05) is 43.2 Å². The molecule has 9 heteroatoms. The summed E-state index contributed by atoms with van der Waals surface area (Å²) in [7, 11) is -3.57. The average Bonchev–Trinajstić information content (AvgIpc) is 3.11. The van der Waals surface area contributed by atoms with Gasteiger partial charge in [-0.2, -0.15) is 4.31 Å². The molecule has 3 aromatic rings. The van der Waals surface area contributed by atoms with E-state index >= 15 is 0 Å². The smallest absolute Gasteiger partial charge is 0.257 e. The number of nitrogens with one attached hydrogen (secondary N) is 1. The van der Waals surface area contributed by atoms with Crippen LogP contribution in [0.5, 0.6) is 0 Å². The van der Waals surface area contributed by atoms with E-state index in [0.717, 1.165) is 28.6 Å². The van der Waals surface area contributed by atoms with Gasteiger partial charge in [-0.3, -0.25) is 10.1 Å². The highest BCUT2D eigenvalue weighted by Crippen LogP contribution is 2.31. The molecule has 0 fully saturated rings. The van der Waals surface area contributed by atoms with Crippen molar-refractivity contribution in [2.24, 2.45) is 0 Å². The largest absolute Gasteiger partial charge is 0.298 e. The van der Waals surface area contributed by atoms with E-state index in [-0.39, 0.29) is 10.8 Å². The maximum Gasteiger partial charge on any atom is 0.257 e. The Morgan fingerprint density at radius 1 is 1.20 bits per heavy atom. The summed E-state index contributed by atoms with van der Waals surface area (Å²) in [6, 6.07) is 9.63. The van der Waals surface area contributed by atoms with Gasteiger partial charge in [-0.25, -0.2) is 13.4 Å². The fourth-order valence-corrected chi connectivity index (χ4v) is 5.89. The minimum Gasteiger partial charge on any atom is -0.298 e. The highest BCUT2D eigenvalue weighted by molar-refractivity contribution is 7.89. The van der Waals surface area contributed by atoms with Crippen molar-refractivity contribution in [2.45, 2.75) is 38.5 Å². The molecule has 1 aromatic heterocycles. The minimum atomic E-state index is -3.57. The second-order valence-electron chi connectivity index (χ2n) is 6.92. The molecule has 0 spiro atoms. The Morgan fingerprint density at radius 3 is 2.53 bits per heavy atom. The van der Waals surface area contributed by atoms with Crippen LogP contribution in [0.3, 0.4) is 0 Å². The minimum absolute atomic E-state index is 0.183. The molecule has 1 heterocycles. The standard InChI is InChI=1S/C21H24ClN3O3S2/c1-4-6-11-25(5-2)30(27,28)17-9-7-15(8-10-17)20(26)24-21-23-19-14(3)12-16(22)13-18(19)29-21/h7-10,12-13H,4-6,11H2,1-3H3,(H,23,24,26). The number of aryl methyl sites for hydroxylation is 1. The summed E-state index contributed by atoms with van der Waals surface area (Å²) < 4.78 is 28.0. The van der Waals surface area contributed by atoms with Crippen LogP contribution in [-0.4, -0.2) is 36.7 Å². The Kier molecular flexibility index (Phi) is 7.13. The number of sulfonamides is 1. The van der Waals surface area contributed by atoms with Crippen molar-refractivity contribution in [1.82, 2.24) is 9.29 Å². The van der Waals surface area contributed by atoms with E-state index in [2.05, 4.69) is 10.3 Å². The number of rotatable bonds is 8. The van der Waals surface area contributed by atoms with Gasteiger partial charge in [0, 0.05) is 23.7 Å². The van der Waals surface area contributed by atoms with E-state index in [9.17, 15) is 13.2 Å². The number of fused-ring (bicyclic) bond motifs is 1. The maximum atomic E-state index is 12.8. The number of amides is 1. The number of carbonyl (C=O) groups excluding carboxylic acids is 1. The van der Waals surface area contributed by atoms with Crippen LogP contribution in [0.2, 0.25) is 5.02 Å². The van der Waals surface area contributed by atoms with Gasteiger partial charge in [0.2, 0.25) is 10.0 Å². The number of hydrogen-bond acceptors (Lipinski definition) is 5. The van der Waals surface area contributed by atoms with Gasteiger partial charge in [0.05, 0.1) is 15.1 Å². The number of anilines is 1. The summed E-state index contributed by atoms with van der Waals surface area (Å²) >= 11 is 7.43. The highest BCUT2D eigenvalue weighted by atomic mass is 35.5. The fourth-order valence-electron chi connectivity index (χ4n) is 3.09. The Bertz CT molecular complexity index is 1160. The predicted molar refractivity (Wildman–Crippen MR) is 123 cm³/mol. The SMILES string of the molecule is CCCCN(CC)S(=O)(=O)c1ccc(C(=O)Nc2nc3c(C)cc(Cl)cc3s2)cc1. The fraction of sp³-hybridized carbons (Fsp3) is 0.333. The molecule has 0 aliphatic rings. The van der Waals surface area contributed by atoms with Crippen molar-refractivity contribution in [3.05, 3.63) is 52.5 Å². The van der Waals surface area contributed by atoms with Crippen molar-refractivity contribution < 1.29 is 13.2 Å². The van der Waals surface area contributed by atoms with Crippen LogP contribution < -0.4 is 5.32 Å². The highest BCUT2D eigenvalue weighted by Gasteiger charge is 2.23. The average molecular weight is 466 g/mol. The topological polar surface area (TPSA) is 79.4 Å². The normalized spacial score (nSPS) is 11.9. The summed E-state index contributed by atoms with van der Waals surface area (Å²) in [6.07, 6.45) is 1.73. The van der Waals surface area contributed by atoms with E-state index < -0.39 is 10.0 Å². The van der Waals surface area contributed by atoms with Gasteiger partial charge in [-0.05, 0) is 55.3 Å². The summed E-state index contributed by atoms with van der Waals surface area (Å²) in [5.74, 6) is -0.347. The van der Waals surface area contributed by atoms with Crippen LogP contribution in [0.25, 0.3) is 10.2 Å². The number of unbranched alkanes of at least 4 members (excludes halogenated alkanes) is 1. The number of halogens is 1. The lowest BCUT2D eigenvalue weighted by molar-refractivity contribution is 0.102. The molecular weight excluding hydrogens is 442 g/mol. The van der Waals surface area contributed by atoms with E-state index in [0.29, 0.717) is 28.8 Å². The lowest BCUT2D eigenvalue weighted by atomic mass is 10.2. The lowest BCUT2D eigenvalue weighted by Gasteiger charge is -2.20. The van der Waals surface area contributed by atoms with Crippen LogP contribution in [0, 0.1) is 6.92 Å². The first-order valence-corrected chi connectivity index (χ1v) is 12.4. The van der Waals surface area contributed by atoms with Crippen LogP contribution in [0.1, 0.15) is 42.6 Å². The first-order chi connectivity index (χ1) is 14.3. The third-order valence-corrected chi connectivity index (χ3v) is 7.86. The van der Waals surface area contributed by atoms with Crippen molar-refractivity contribution in [3.63, 3.8) is 0 Å². The van der Waals surface area contributed by atoms with Crippen molar-refractivity contribution in [3.8, 4) is 0 Å². The molecule has 0 aliphatic heterocycles. The number of aromatic nitrogens is 1. The number of thiazole rings is 1. The molecule has 1 N–H and O–H groups in total. The maximum absolute atomic E-state index is 12.8. The van der Waals surface area contributed by atoms with E-state index in [1.54, 1.807) is 0 Å². The Labute approximate surface area is 185 Å². The van der Waals surface area contributed by atoms with E-state index in [1.807, 2.05) is 32.9 Å². The monoisotopic (exact) mass is 465 g/mol. The van der Waals surface area contributed by atoms with Gasteiger partial charge < -0.3 is 0 Å². The summed E-state index contributed by atoms with van der Waals surface area (Å²) in [5, 5.41) is 3.87. The molecule has 0 bridgehead atoms. The number of benzene rings is 2. The van der Waals surface area contributed by atoms with Crippen molar-refractivity contribution >= 4 is 54.2 Å². The number of nitrogens with zero attached hydrogens (tertiary/aromatic N) is 2. The number of hydrogen-bond donors (Lipinski definition) is 1. The molecule has 0 saturated carbocycles. The molecule has 0 atom stereocenters. The first kappa shape index (κ1) is 22.7. The Morgan fingerprint density at radius 2 is 1.90 bits per heavy atom. The van der Waals surface area contributed by atoms with E-state index in [4.69, 9.17) is 11.6 Å². The van der Waals surface area contributed by atoms with Crippen molar-refractivity contribution in [2.75, 3.05) is 18.4 Å². The van der Waals surface area contributed by atoms with Gasteiger partial charge >= 0.3 is 0 Å². The second kappa shape index (κ2) is 9.43. The predicted octanol–water partition coefficient (Wildman–Crippen LogP) is 5.32. The molecule has 6 nitrogen and oxygen atoms in total. The summed E-state index contributed by atoms with van der Waals surface area (Å²) in [5.41, 5.74) is 2.10. The second-order valence-corrected chi connectivity index (χ2v) is 10.3. The Hall–Kier alpha value is -2.00. The molecule has 1 amide bonds. The zero-order valence-electron chi connectivity index (χ0n) is 17.1. The molecule has 30 heavy (non-hydrogen) atoms. The molecular formula is C21H24ClN3O3S2. The van der Waals surface area contributed by atoms with Gasteiger partial charge in [0.25, 0.3) is 5.91 Å². The zero-order chi connectivity index (χ0) is 21.9. The first-order valence-electron chi connectivity index (χ1n) is 9.74. The van der Waals surface area contributed by atoms with Gasteiger partial charge in [-0.15, -0.1) is 0 Å². The molecule has 160 valence electrons. The van der Waals surface area contributed by atoms with Crippen LogP contribution in [0.4, 0.5) is 5.13 Å². The van der Waals surface area contributed by atoms with E-state index in [1.165, 1.54) is 39.9 Å². The lowest BCUT2D eigenvalue weighted by Crippen LogP contribution is -2.31. The summed E-state index contributed by atoms with van der Waals surface area (Å²) in [4.78, 5) is 17.3.